The second-order valence-corrected chi connectivity index (χ2v) is 4.34. The molecule has 2 rings (SSSR count). The van der Waals surface area contributed by atoms with Crippen molar-refractivity contribution in [3.05, 3.63) is 23.9 Å². The summed E-state index contributed by atoms with van der Waals surface area (Å²) in [5, 5.41) is 10.7. The first-order valence-corrected chi connectivity index (χ1v) is 5.21. The van der Waals surface area contributed by atoms with Gasteiger partial charge < -0.3 is 5.11 Å². The van der Waals surface area contributed by atoms with Gasteiger partial charge in [-0.2, -0.15) is 4.68 Å². The van der Waals surface area contributed by atoms with Gasteiger partial charge >= 0.3 is 0 Å². The molecule has 0 saturated heterocycles. The lowest BCUT2D eigenvalue weighted by molar-refractivity contribution is -0.753. The number of phenolic OH excluding ortho intramolecular Hbond substituents is 1. The van der Waals surface area contributed by atoms with Crippen LogP contribution in [0.4, 0.5) is 0 Å². The third-order valence-corrected chi connectivity index (χ3v) is 2.75. The van der Waals surface area contributed by atoms with Crippen LogP contribution < -0.4 is 4.68 Å². The molecular weight excluding hydrogens is 188 g/mol. The Morgan fingerprint density at radius 3 is 2.60 bits per heavy atom. The van der Waals surface area contributed by atoms with Crippen molar-refractivity contribution < 1.29 is 9.79 Å². The van der Waals surface area contributed by atoms with E-state index in [1.54, 1.807) is 0 Å². The van der Waals surface area contributed by atoms with E-state index in [9.17, 15) is 5.11 Å². The molecule has 1 heterocycles. The van der Waals surface area contributed by atoms with E-state index >= 15 is 0 Å². The van der Waals surface area contributed by atoms with Gasteiger partial charge in [-0.3, -0.25) is 0 Å². The van der Waals surface area contributed by atoms with Gasteiger partial charge in [0.2, 0.25) is 6.20 Å². The largest absolute Gasteiger partial charge is 0.508 e. The van der Waals surface area contributed by atoms with Crippen molar-refractivity contribution in [2.24, 2.45) is 7.05 Å². The highest BCUT2D eigenvalue weighted by Crippen LogP contribution is 2.24. The Morgan fingerprint density at radius 1 is 1.33 bits per heavy atom. The Kier molecular flexibility index (Phi) is 2.18. The van der Waals surface area contributed by atoms with Crippen LogP contribution in [-0.4, -0.2) is 9.79 Å². The minimum absolute atomic E-state index is 0.365. The zero-order valence-corrected chi connectivity index (χ0v) is 9.65. The smallest absolute Gasteiger partial charge is 0.203 e. The van der Waals surface area contributed by atoms with Crippen molar-refractivity contribution in [1.82, 2.24) is 4.68 Å². The lowest BCUT2D eigenvalue weighted by atomic mass is 10.1. The molecular formula is C12H17N2O+. The summed E-state index contributed by atoms with van der Waals surface area (Å²) in [7, 11) is 2.02. The van der Waals surface area contributed by atoms with E-state index in [0.717, 1.165) is 10.9 Å². The zero-order chi connectivity index (χ0) is 11.2. The van der Waals surface area contributed by atoms with E-state index in [1.165, 1.54) is 5.52 Å². The Bertz CT molecular complexity index is 512. The van der Waals surface area contributed by atoms with Gasteiger partial charge in [0.15, 0.2) is 7.05 Å². The number of nitrogens with zero attached hydrogens (tertiary/aromatic N) is 2. The number of phenols is 1. The fourth-order valence-electron chi connectivity index (χ4n) is 2.08. The lowest BCUT2D eigenvalue weighted by Crippen LogP contribution is -2.39. The van der Waals surface area contributed by atoms with Crippen molar-refractivity contribution in [2.75, 3.05) is 0 Å². The molecule has 0 bridgehead atoms. The van der Waals surface area contributed by atoms with Gasteiger partial charge in [0.25, 0.3) is 0 Å². The summed E-state index contributed by atoms with van der Waals surface area (Å²) in [5.74, 6) is 0.365. The van der Waals surface area contributed by atoms with Crippen LogP contribution in [-0.2, 0) is 7.05 Å². The molecule has 0 aliphatic rings. The predicted molar refractivity (Wildman–Crippen MR) is 59.9 cm³/mol. The average molecular weight is 205 g/mol. The zero-order valence-electron chi connectivity index (χ0n) is 9.65. The van der Waals surface area contributed by atoms with Crippen LogP contribution in [0.5, 0.6) is 5.75 Å². The molecule has 2 aromatic rings. The van der Waals surface area contributed by atoms with Gasteiger partial charge in [0, 0.05) is 0 Å². The fourth-order valence-corrected chi connectivity index (χ4v) is 2.08. The minimum Gasteiger partial charge on any atom is -0.508 e. The first kappa shape index (κ1) is 10.0. The SMILES string of the molecule is Cc1cc2c(cc1O)c[n+](C)n2C(C)C. The number of benzene rings is 1. The summed E-state index contributed by atoms with van der Waals surface area (Å²) in [5.41, 5.74) is 2.09. The Hall–Kier alpha value is -1.51. The first-order valence-electron chi connectivity index (χ1n) is 5.21. The topological polar surface area (TPSA) is 29.0 Å². The highest BCUT2D eigenvalue weighted by molar-refractivity contribution is 5.80. The molecule has 0 spiro atoms. The number of aromatic hydroxyl groups is 1. The summed E-state index contributed by atoms with van der Waals surface area (Å²) in [6.45, 7) is 6.23. The van der Waals surface area contributed by atoms with E-state index < -0.39 is 0 Å². The fraction of sp³-hybridized carbons (Fsp3) is 0.417. The van der Waals surface area contributed by atoms with Crippen molar-refractivity contribution in [1.29, 1.82) is 0 Å². The maximum atomic E-state index is 9.64. The number of aryl methyl sites for hydroxylation is 2. The molecule has 3 nitrogen and oxygen atoms in total. The van der Waals surface area contributed by atoms with Crippen LogP contribution in [0.1, 0.15) is 25.5 Å². The van der Waals surface area contributed by atoms with E-state index in [-0.39, 0.29) is 0 Å². The molecule has 3 heteroatoms. The van der Waals surface area contributed by atoms with Gasteiger partial charge in [-0.05, 0) is 38.5 Å². The molecule has 15 heavy (non-hydrogen) atoms. The Morgan fingerprint density at radius 2 is 2.00 bits per heavy atom. The van der Waals surface area contributed by atoms with Crippen molar-refractivity contribution in [3.8, 4) is 5.75 Å². The molecule has 0 aliphatic carbocycles. The molecule has 80 valence electrons. The van der Waals surface area contributed by atoms with Gasteiger partial charge in [-0.25, -0.2) is 0 Å². The van der Waals surface area contributed by atoms with Gasteiger partial charge in [-0.1, -0.05) is 0 Å². The van der Waals surface area contributed by atoms with E-state index in [0.29, 0.717) is 11.8 Å². The summed E-state index contributed by atoms with van der Waals surface area (Å²) < 4.78 is 4.27. The Balaban J connectivity index is 2.81. The van der Waals surface area contributed by atoms with E-state index in [2.05, 4.69) is 23.2 Å². The molecule has 0 radical (unpaired) electrons. The second-order valence-electron chi connectivity index (χ2n) is 4.34. The van der Waals surface area contributed by atoms with Crippen molar-refractivity contribution in [3.63, 3.8) is 0 Å². The van der Waals surface area contributed by atoms with Gasteiger partial charge in [-0.15, -0.1) is 4.68 Å². The highest BCUT2D eigenvalue weighted by atomic mass is 16.3. The quantitative estimate of drug-likeness (QED) is 0.709. The van der Waals surface area contributed by atoms with Crippen molar-refractivity contribution >= 4 is 10.9 Å². The normalized spacial score (nSPS) is 11.5. The highest BCUT2D eigenvalue weighted by Gasteiger charge is 2.16. The van der Waals surface area contributed by atoms with Gasteiger partial charge in [0.1, 0.15) is 11.3 Å². The molecule has 0 atom stereocenters. The summed E-state index contributed by atoms with van der Waals surface area (Å²) in [4.78, 5) is 0. The van der Waals surface area contributed by atoms with Crippen LogP contribution >= 0.6 is 0 Å². The molecule has 1 aromatic heterocycles. The molecule has 0 unspecified atom stereocenters. The van der Waals surface area contributed by atoms with Gasteiger partial charge in [0.05, 0.1) is 11.4 Å². The monoisotopic (exact) mass is 205 g/mol. The summed E-state index contributed by atoms with van der Waals surface area (Å²) in [6, 6.07) is 4.27. The molecule has 0 fully saturated rings. The van der Waals surface area contributed by atoms with E-state index in [1.807, 2.05) is 32.3 Å². The molecule has 1 N–H and O–H groups in total. The molecule has 0 amide bonds. The predicted octanol–water partition coefficient (Wildman–Crippen LogP) is 2.06. The maximum absolute atomic E-state index is 9.64. The third kappa shape index (κ3) is 1.48. The molecule has 0 saturated carbocycles. The minimum atomic E-state index is 0.365. The second kappa shape index (κ2) is 3.26. The Labute approximate surface area is 89.5 Å². The summed E-state index contributed by atoms with van der Waals surface area (Å²) >= 11 is 0. The number of aromatic nitrogens is 2. The summed E-state index contributed by atoms with van der Waals surface area (Å²) in [6.07, 6.45) is 2.04. The average Bonchev–Trinajstić information content (AvgIpc) is 2.41. The number of fused-ring (bicyclic) bond motifs is 1. The maximum Gasteiger partial charge on any atom is 0.203 e. The number of hydrogen-bond donors (Lipinski definition) is 1. The molecule has 0 aliphatic heterocycles. The number of hydrogen-bond acceptors (Lipinski definition) is 1. The van der Waals surface area contributed by atoms with Crippen LogP contribution in [0, 0.1) is 6.92 Å². The first-order chi connectivity index (χ1) is 7.00. The lowest BCUT2D eigenvalue weighted by Gasteiger charge is -2.05. The third-order valence-electron chi connectivity index (χ3n) is 2.75. The van der Waals surface area contributed by atoms with E-state index in [4.69, 9.17) is 0 Å². The molecule has 1 aromatic carbocycles. The van der Waals surface area contributed by atoms with Crippen molar-refractivity contribution in [2.45, 2.75) is 26.8 Å². The van der Waals surface area contributed by atoms with Crippen LogP contribution in [0.15, 0.2) is 18.3 Å². The number of rotatable bonds is 1. The van der Waals surface area contributed by atoms with Crippen LogP contribution in [0.2, 0.25) is 0 Å². The van der Waals surface area contributed by atoms with Crippen LogP contribution in [0.3, 0.4) is 0 Å². The standard InChI is InChI=1S/C12H16N2O/c1-8(2)14-11-5-9(3)12(15)6-10(11)7-13(14)4/h5-8H,1-4H3/p+1. The van der Waals surface area contributed by atoms with Crippen LogP contribution in [0.25, 0.3) is 10.9 Å².